The van der Waals surface area contributed by atoms with Crippen LogP contribution < -0.4 is 15.8 Å². The largest absolute Gasteiger partial charge is 0.337 e. The molecule has 0 unspecified atom stereocenters. The maximum absolute atomic E-state index is 11.7. The predicted molar refractivity (Wildman–Crippen MR) is 83.7 cm³/mol. The zero-order chi connectivity index (χ0) is 16.0. The van der Waals surface area contributed by atoms with Gasteiger partial charge in [0.15, 0.2) is 0 Å². The van der Waals surface area contributed by atoms with E-state index in [1.165, 1.54) is 25.0 Å². The molecule has 0 bridgehead atoms. The van der Waals surface area contributed by atoms with Gasteiger partial charge in [0.25, 0.3) is 0 Å². The first kappa shape index (κ1) is 16.7. The molecule has 7 nitrogen and oxygen atoms in total. The Morgan fingerprint density at radius 2 is 1.77 bits per heavy atom. The molecule has 8 heteroatoms. The summed E-state index contributed by atoms with van der Waals surface area (Å²) in [5.74, 6) is 0. The highest BCUT2D eigenvalue weighted by atomic mass is 32.2. The van der Waals surface area contributed by atoms with Crippen molar-refractivity contribution >= 4 is 16.1 Å². The van der Waals surface area contributed by atoms with Gasteiger partial charge in [0.1, 0.15) is 0 Å². The highest BCUT2D eigenvalue weighted by Gasteiger charge is 2.11. The number of benzene rings is 1. The molecular formula is C14H22N4O3S. The Kier molecular flexibility index (Phi) is 5.76. The minimum atomic E-state index is -3.68. The lowest BCUT2D eigenvalue weighted by molar-refractivity contribution is 0.238. The smallest absolute Gasteiger partial charge is 0.315 e. The van der Waals surface area contributed by atoms with Crippen LogP contribution in [0.3, 0.4) is 0 Å². The minimum absolute atomic E-state index is 0.0614. The average molecular weight is 326 g/mol. The van der Waals surface area contributed by atoms with Crippen molar-refractivity contribution in [3.05, 3.63) is 29.8 Å². The second-order valence-electron chi connectivity index (χ2n) is 5.35. The molecule has 1 aromatic rings. The lowest BCUT2D eigenvalue weighted by Gasteiger charge is -2.15. The summed E-state index contributed by atoms with van der Waals surface area (Å²) in [5, 5.41) is 10.6. The van der Waals surface area contributed by atoms with Crippen molar-refractivity contribution in [2.45, 2.75) is 24.3 Å². The van der Waals surface area contributed by atoms with Crippen LogP contribution in [0.15, 0.2) is 29.2 Å². The van der Waals surface area contributed by atoms with Crippen LogP contribution in [-0.2, 0) is 16.6 Å². The third-order valence-electron chi connectivity index (χ3n) is 3.62. The molecule has 0 aromatic heterocycles. The quantitative estimate of drug-likeness (QED) is 0.696. The summed E-state index contributed by atoms with van der Waals surface area (Å²) in [6.07, 6.45) is 2.47. The fraction of sp³-hybridized carbons (Fsp3) is 0.500. The van der Waals surface area contributed by atoms with Crippen molar-refractivity contribution in [1.82, 2.24) is 15.5 Å². The number of nitrogens with two attached hydrogens (primary N) is 1. The summed E-state index contributed by atoms with van der Waals surface area (Å²) in [6, 6.07) is 5.89. The fourth-order valence-electron chi connectivity index (χ4n) is 2.38. The summed E-state index contributed by atoms with van der Waals surface area (Å²) < 4.78 is 22.3. The van der Waals surface area contributed by atoms with Gasteiger partial charge in [-0.1, -0.05) is 12.1 Å². The summed E-state index contributed by atoms with van der Waals surface area (Å²) in [4.78, 5) is 14.0. The van der Waals surface area contributed by atoms with Crippen LogP contribution in [-0.4, -0.2) is 45.5 Å². The standard InChI is InChI=1S/C14H22N4O3S/c15-22(20,21)13-5-3-12(4-6-13)11-17-14(19)16-7-10-18-8-1-2-9-18/h3-6H,1-2,7-11H2,(H2,15,20,21)(H2,16,17,19). The van der Waals surface area contributed by atoms with Crippen LogP contribution in [0.1, 0.15) is 18.4 Å². The highest BCUT2D eigenvalue weighted by molar-refractivity contribution is 7.89. The number of carbonyl (C=O) groups excluding carboxylic acids is 1. The predicted octanol–water partition coefficient (Wildman–Crippen LogP) is 0.229. The molecule has 1 saturated heterocycles. The minimum Gasteiger partial charge on any atom is -0.337 e. The Morgan fingerprint density at radius 3 is 2.36 bits per heavy atom. The number of likely N-dealkylation sites (tertiary alicyclic amines) is 1. The van der Waals surface area contributed by atoms with Crippen molar-refractivity contribution in [3.63, 3.8) is 0 Å². The van der Waals surface area contributed by atoms with Crippen molar-refractivity contribution in [3.8, 4) is 0 Å². The number of hydrogen-bond acceptors (Lipinski definition) is 4. The number of urea groups is 1. The number of nitrogens with zero attached hydrogens (tertiary/aromatic N) is 1. The van der Waals surface area contributed by atoms with Crippen molar-refractivity contribution in [2.75, 3.05) is 26.2 Å². The van der Waals surface area contributed by atoms with E-state index in [2.05, 4.69) is 15.5 Å². The summed E-state index contributed by atoms with van der Waals surface area (Å²) in [7, 11) is -3.68. The van der Waals surface area contributed by atoms with E-state index in [0.29, 0.717) is 13.1 Å². The number of hydrogen-bond donors (Lipinski definition) is 3. The van der Waals surface area contributed by atoms with E-state index in [4.69, 9.17) is 5.14 Å². The van der Waals surface area contributed by atoms with Crippen LogP contribution >= 0.6 is 0 Å². The third kappa shape index (κ3) is 5.28. The number of rotatable bonds is 6. The first-order valence-electron chi connectivity index (χ1n) is 7.31. The van der Waals surface area contributed by atoms with Crippen LogP contribution in [0.25, 0.3) is 0 Å². The zero-order valence-corrected chi connectivity index (χ0v) is 13.2. The monoisotopic (exact) mass is 326 g/mol. The summed E-state index contributed by atoms with van der Waals surface area (Å²) >= 11 is 0. The number of primary sulfonamides is 1. The molecule has 2 amide bonds. The van der Waals surface area contributed by atoms with E-state index in [1.54, 1.807) is 12.1 Å². The van der Waals surface area contributed by atoms with E-state index in [0.717, 1.165) is 25.2 Å². The maximum Gasteiger partial charge on any atom is 0.315 e. The highest BCUT2D eigenvalue weighted by Crippen LogP contribution is 2.08. The lowest BCUT2D eigenvalue weighted by atomic mass is 10.2. The maximum atomic E-state index is 11.7. The molecule has 0 radical (unpaired) electrons. The first-order chi connectivity index (χ1) is 10.4. The molecule has 1 aliphatic rings. The molecule has 0 atom stereocenters. The second-order valence-corrected chi connectivity index (χ2v) is 6.91. The van der Waals surface area contributed by atoms with Crippen molar-refractivity contribution in [1.29, 1.82) is 0 Å². The van der Waals surface area contributed by atoms with Crippen LogP contribution in [0.2, 0.25) is 0 Å². The van der Waals surface area contributed by atoms with Crippen LogP contribution in [0.4, 0.5) is 4.79 Å². The fourth-order valence-corrected chi connectivity index (χ4v) is 2.89. The lowest BCUT2D eigenvalue weighted by Crippen LogP contribution is -2.39. The Bertz CT molecular complexity index is 595. The number of amides is 2. The number of carbonyl (C=O) groups is 1. The first-order valence-corrected chi connectivity index (χ1v) is 8.85. The van der Waals surface area contributed by atoms with Gasteiger partial charge in [0.05, 0.1) is 4.90 Å². The van der Waals surface area contributed by atoms with Gasteiger partial charge < -0.3 is 15.5 Å². The van der Waals surface area contributed by atoms with Crippen molar-refractivity contribution < 1.29 is 13.2 Å². The number of sulfonamides is 1. The van der Waals surface area contributed by atoms with Gasteiger partial charge in [-0.3, -0.25) is 0 Å². The SMILES string of the molecule is NS(=O)(=O)c1ccc(CNC(=O)NCCN2CCCC2)cc1. The summed E-state index contributed by atoms with van der Waals surface area (Å²) in [6.45, 7) is 4.05. The van der Waals surface area contributed by atoms with E-state index >= 15 is 0 Å². The Morgan fingerprint density at radius 1 is 1.14 bits per heavy atom. The Hall–Kier alpha value is -1.64. The van der Waals surface area contributed by atoms with Crippen LogP contribution in [0.5, 0.6) is 0 Å². The molecule has 0 aliphatic carbocycles. The van der Waals surface area contributed by atoms with E-state index in [-0.39, 0.29) is 10.9 Å². The molecule has 1 aliphatic heterocycles. The molecule has 1 aromatic carbocycles. The van der Waals surface area contributed by atoms with E-state index < -0.39 is 10.0 Å². The van der Waals surface area contributed by atoms with Gasteiger partial charge in [-0.25, -0.2) is 18.4 Å². The van der Waals surface area contributed by atoms with Gasteiger partial charge >= 0.3 is 6.03 Å². The van der Waals surface area contributed by atoms with Gasteiger partial charge in [-0.2, -0.15) is 0 Å². The van der Waals surface area contributed by atoms with Gasteiger partial charge in [0, 0.05) is 19.6 Å². The number of nitrogens with one attached hydrogen (secondary N) is 2. The molecule has 1 heterocycles. The Balaban J connectivity index is 1.69. The molecule has 22 heavy (non-hydrogen) atoms. The molecule has 1 fully saturated rings. The van der Waals surface area contributed by atoms with Crippen molar-refractivity contribution in [2.24, 2.45) is 5.14 Å². The summed E-state index contributed by atoms with van der Waals surface area (Å²) in [5.41, 5.74) is 0.807. The molecule has 122 valence electrons. The van der Waals surface area contributed by atoms with E-state index in [9.17, 15) is 13.2 Å². The molecule has 0 spiro atoms. The average Bonchev–Trinajstić information content (AvgIpc) is 2.98. The normalized spacial score (nSPS) is 15.7. The second kappa shape index (κ2) is 7.57. The topological polar surface area (TPSA) is 105 Å². The molecular weight excluding hydrogens is 304 g/mol. The van der Waals surface area contributed by atoms with E-state index in [1.807, 2.05) is 0 Å². The van der Waals surface area contributed by atoms with Gasteiger partial charge in [-0.05, 0) is 43.6 Å². The third-order valence-corrected chi connectivity index (χ3v) is 4.55. The molecule has 0 saturated carbocycles. The molecule has 4 N–H and O–H groups in total. The zero-order valence-electron chi connectivity index (χ0n) is 12.4. The van der Waals surface area contributed by atoms with Gasteiger partial charge in [-0.15, -0.1) is 0 Å². The Labute approximate surface area is 130 Å². The molecule has 2 rings (SSSR count). The van der Waals surface area contributed by atoms with Crippen LogP contribution in [0, 0.1) is 0 Å². The van der Waals surface area contributed by atoms with Gasteiger partial charge in [0.2, 0.25) is 10.0 Å².